The average Bonchev–Trinajstić information content (AvgIpc) is 2.66. The Labute approximate surface area is 147 Å². The molecular formula is C20H22N4O. The van der Waals surface area contributed by atoms with E-state index in [9.17, 15) is 0 Å². The molecule has 0 fully saturated rings. The molecule has 0 bridgehead atoms. The summed E-state index contributed by atoms with van der Waals surface area (Å²) in [6.45, 7) is 5.98. The van der Waals surface area contributed by atoms with Crippen LogP contribution in [0.3, 0.4) is 0 Å². The summed E-state index contributed by atoms with van der Waals surface area (Å²) in [6, 6.07) is 6.11. The average molecular weight is 334 g/mol. The van der Waals surface area contributed by atoms with Gasteiger partial charge in [0.25, 0.3) is 0 Å². The minimum atomic E-state index is 0.808. The van der Waals surface area contributed by atoms with Crippen molar-refractivity contribution < 1.29 is 4.74 Å². The first kappa shape index (κ1) is 15.8. The topological polar surface area (TPSA) is 51.1 Å². The van der Waals surface area contributed by atoms with Gasteiger partial charge in [0.15, 0.2) is 0 Å². The number of aryl methyl sites for hydroxylation is 2. The third-order valence-electron chi connectivity index (χ3n) is 4.86. The molecule has 0 unspecified atom stereocenters. The summed E-state index contributed by atoms with van der Waals surface area (Å²) in [5.74, 6) is 1.73. The van der Waals surface area contributed by atoms with E-state index in [-0.39, 0.29) is 0 Å². The predicted octanol–water partition coefficient (Wildman–Crippen LogP) is 3.47. The van der Waals surface area contributed by atoms with Gasteiger partial charge in [-0.1, -0.05) is 19.1 Å². The number of benzene rings is 1. The number of hydrogen-bond acceptors (Lipinski definition) is 5. The number of fused-ring (bicyclic) bond motifs is 2. The smallest absolute Gasteiger partial charge is 0.145 e. The Balaban J connectivity index is 1.81. The van der Waals surface area contributed by atoms with Crippen LogP contribution in [0.2, 0.25) is 0 Å². The van der Waals surface area contributed by atoms with E-state index in [1.54, 1.807) is 7.11 Å². The highest BCUT2D eigenvalue weighted by molar-refractivity contribution is 5.96. The Morgan fingerprint density at radius 3 is 2.88 bits per heavy atom. The van der Waals surface area contributed by atoms with Crippen LogP contribution in [0.15, 0.2) is 30.6 Å². The van der Waals surface area contributed by atoms with Crippen LogP contribution < -0.4 is 9.64 Å². The van der Waals surface area contributed by atoms with E-state index in [1.165, 1.54) is 16.8 Å². The van der Waals surface area contributed by atoms with Crippen LogP contribution in [-0.2, 0) is 19.4 Å². The van der Waals surface area contributed by atoms with Gasteiger partial charge < -0.3 is 9.64 Å². The Bertz CT molecular complexity index is 938. The monoisotopic (exact) mass is 334 g/mol. The number of para-hydroxylation sites is 1. The maximum absolute atomic E-state index is 5.49. The maximum Gasteiger partial charge on any atom is 0.145 e. The molecule has 1 aromatic carbocycles. The number of rotatable bonds is 3. The van der Waals surface area contributed by atoms with Crippen molar-refractivity contribution in [3.05, 3.63) is 53.2 Å². The van der Waals surface area contributed by atoms with Crippen molar-refractivity contribution in [3.63, 3.8) is 0 Å². The summed E-state index contributed by atoms with van der Waals surface area (Å²) in [4.78, 5) is 16.2. The molecule has 3 aromatic rings. The van der Waals surface area contributed by atoms with Crippen LogP contribution in [0.4, 0.5) is 5.69 Å². The van der Waals surface area contributed by atoms with Crippen molar-refractivity contribution in [2.24, 2.45) is 0 Å². The Morgan fingerprint density at radius 1 is 1.20 bits per heavy atom. The molecule has 0 saturated heterocycles. The number of anilines is 1. The van der Waals surface area contributed by atoms with Crippen LogP contribution in [0.5, 0.6) is 5.75 Å². The minimum absolute atomic E-state index is 0.808. The second-order valence-corrected chi connectivity index (χ2v) is 6.43. The van der Waals surface area contributed by atoms with E-state index in [1.807, 2.05) is 24.5 Å². The van der Waals surface area contributed by atoms with Crippen molar-refractivity contribution in [2.75, 3.05) is 18.6 Å². The lowest BCUT2D eigenvalue weighted by Gasteiger charge is -2.32. The lowest BCUT2D eigenvalue weighted by atomic mass is 10.0. The summed E-state index contributed by atoms with van der Waals surface area (Å²) in [5, 5.41) is 1.13. The minimum Gasteiger partial charge on any atom is -0.494 e. The van der Waals surface area contributed by atoms with Crippen molar-refractivity contribution in [1.29, 1.82) is 0 Å². The van der Waals surface area contributed by atoms with Gasteiger partial charge in [0.05, 0.1) is 25.0 Å². The standard InChI is InChI=1S/C20H22N4O/c1-4-18-21-11-14-8-9-24(12-16(14)23-18)20-13(2)10-22-19-15(20)6-5-7-17(19)25-3/h5-7,10-11H,4,8-9,12H2,1-3H3. The van der Waals surface area contributed by atoms with Gasteiger partial charge in [0, 0.05) is 30.7 Å². The SMILES string of the molecule is CCc1ncc2c(n1)CN(c1c(C)cnc3c(OC)cccc13)CC2. The quantitative estimate of drug-likeness (QED) is 0.734. The fourth-order valence-corrected chi connectivity index (χ4v) is 3.57. The first-order chi connectivity index (χ1) is 12.2. The van der Waals surface area contributed by atoms with Crippen LogP contribution in [0.1, 0.15) is 29.6 Å². The lowest BCUT2D eigenvalue weighted by Crippen LogP contribution is -2.32. The molecule has 25 heavy (non-hydrogen) atoms. The molecule has 5 heteroatoms. The fourth-order valence-electron chi connectivity index (χ4n) is 3.57. The van der Waals surface area contributed by atoms with E-state index < -0.39 is 0 Å². The zero-order valence-corrected chi connectivity index (χ0v) is 14.9. The van der Waals surface area contributed by atoms with Gasteiger partial charge in [0.2, 0.25) is 0 Å². The molecule has 1 aliphatic heterocycles. The summed E-state index contributed by atoms with van der Waals surface area (Å²) in [6.07, 6.45) is 5.76. The number of nitrogens with zero attached hydrogens (tertiary/aromatic N) is 4. The summed E-state index contributed by atoms with van der Waals surface area (Å²) in [5.41, 5.74) is 5.72. The molecule has 0 amide bonds. The lowest BCUT2D eigenvalue weighted by molar-refractivity contribution is 0.419. The first-order valence-corrected chi connectivity index (χ1v) is 8.72. The predicted molar refractivity (Wildman–Crippen MR) is 99.2 cm³/mol. The highest BCUT2D eigenvalue weighted by atomic mass is 16.5. The summed E-state index contributed by atoms with van der Waals surface area (Å²) < 4.78 is 5.49. The Hall–Kier alpha value is -2.69. The zero-order valence-electron chi connectivity index (χ0n) is 14.9. The van der Waals surface area contributed by atoms with Gasteiger partial charge in [-0.2, -0.15) is 0 Å². The van der Waals surface area contributed by atoms with Gasteiger partial charge >= 0.3 is 0 Å². The molecule has 0 spiro atoms. The van der Waals surface area contributed by atoms with Gasteiger partial charge in [-0.15, -0.1) is 0 Å². The van der Waals surface area contributed by atoms with E-state index in [2.05, 4.69) is 34.8 Å². The van der Waals surface area contributed by atoms with Gasteiger partial charge in [-0.05, 0) is 30.5 Å². The van der Waals surface area contributed by atoms with Gasteiger partial charge in [0.1, 0.15) is 17.1 Å². The second-order valence-electron chi connectivity index (χ2n) is 6.43. The molecule has 2 aromatic heterocycles. The molecule has 0 radical (unpaired) electrons. The zero-order chi connectivity index (χ0) is 17.4. The molecule has 1 aliphatic rings. The Kier molecular flexibility index (Phi) is 3.99. The fraction of sp³-hybridized carbons (Fsp3) is 0.350. The van der Waals surface area contributed by atoms with Crippen LogP contribution >= 0.6 is 0 Å². The molecule has 5 nitrogen and oxygen atoms in total. The highest BCUT2D eigenvalue weighted by Crippen LogP contribution is 2.35. The third-order valence-corrected chi connectivity index (χ3v) is 4.86. The maximum atomic E-state index is 5.49. The molecule has 3 heterocycles. The molecule has 128 valence electrons. The van der Waals surface area contributed by atoms with Crippen LogP contribution in [-0.4, -0.2) is 28.6 Å². The van der Waals surface area contributed by atoms with Crippen molar-refractivity contribution in [1.82, 2.24) is 15.0 Å². The van der Waals surface area contributed by atoms with Crippen molar-refractivity contribution in [3.8, 4) is 5.75 Å². The van der Waals surface area contributed by atoms with E-state index in [0.29, 0.717) is 0 Å². The molecule has 0 aliphatic carbocycles. The van der Waals surface area contributed by atoms with E-state index >= 15 is 0 Å². The highest BCUT2D eigenvalue weighted by Gasteiger charge is 2.22. The van der Waals surface area contributed by atoms with Crippen molar-refractivity contribution in [2.45, 2.75) is 33.2 Å². The second kappa shape index (κ2) is 6.31. The molecular weight excluding hydrogens is 312 g/mol. The number of pyridine rings is 1. The number of aromatic nitrogens is 3. The van der Waals surface area contributed by atoms with Crippen LogP contribution in [0.25, 0.3) is 10.9 Å². The van der Waals surface area contributed by atoms with Crippen LogP contribution in [0, 0.1) is 6.92 Å². The van der Waals surface area contributed by atoms with Crippen molar-refractivity contribution >= 4 is 16.6 Å². The third kappa shape index (κ3) is 2.69. The molecule has 0 atom stereocenters. The van der Waals surface area contributed by atoms with E-state index in [4.69, 9.17) is 9.72 Å². The van der Waals surface area contributed by atoms with Gasteiger partial charge in [-0.3, -0.25) is 4.98 Å². The van der Waals surface area contributed by atoms with Gasteiger partial charge in [-0.25, -0.2) is 9.97 Å². The number of methoxy groups -OCH3 is 1. The summed E-state index contributed by atoms with van der Waals surface area (Å²) >= 11 is 0. The Morgan fingerprint density at radius 2 is 2.08 bits per heavy atom. The summed E-state index contributed by atoms with van der Waals surface area (Å²) in [7, 11) is 1.69. The van der Waals surface area contributed by atoms with E-state index in [0.717, 1.165) is 54.1 Å². The number of hydrogen-bond donors (Lipinski definition) is 0. The molecule has 0 N–H and O–H groups in total. The molecule has 4 rings (SSSR count). The molecule has 0 saturated carbocycles. The normalized spacial score (nSPS) is 13.8. The largest absolute Gasteiger partial charge is 0.494 e. The first-order valence-electron chi connectivity index (χ1n) is 8.72. The number of ether oxygens (including phenoxy) is 1.